The number of hydrogen-bond donors (Lipinski definition) is 2. The molecule has 24 heavy (non-hydrogen) atoms. The normalized spacial score (nSPS) is 10.9. The van der Waals surface area contributed by atoms with Gasteiger partial charge in [0.2, 0.25) is 0 Å². The summed E-state index contributed by atoms with van der Waals surface area (Å²) in [6.07, 6.45) is 4.79. The van der Waals surface area contributed by atoms with E-state index in [4.69, 9.17) is 0 Å². The van der Waals surface area contributed by atoms with Crippen LogP contribution in [0.5, 0.6) is 0 Å². The Balaban J connectivity index is 0.00000288. The minimum Gasteiger partial charge on any atom is -0.363 e. The zero-order valence-electron chi connectivity index (χ0n) is 14.5. The molecule has 2 N–H and O–H groups in total. The highest BCUT2D eigenvalue weighted by molar-refractivity contribution is 14.0. The molecule has 0 unspecified atom stereocenters. The number of aromatic nitrogens is 2. The summed E-state index contributed by atoms with van der Waals surface area (Å²) in [5.41, 5.74) is 1.16. The van der Waals surface area contributed by atoms with Gasteiger partial charge in [0.1, 0.15) is 10.8 Å². The Hall–Kier alpha value is -1.42. The molecule has 0 saturated carbocycles. The predicted molar refractivity (Wildman–Crippen MR) is 113 cm³/mol. The highest BCUT2D eigenvalue weighted by Gasteiger charge is 2.04. The molecule has 0 radical (unpaired) electrons. The van der Waals surface area contributed by atoms with Gasteiger partial charge in [-0.2, -0.15) is 0 Å². The maximum Gasteiger partial charge on any atom is 0.191 e. The van der Waals surface area contributed by atoms with E-state index in [0.717, 1.165) is 28.8 Å². The minimum absolute atomic E-state index is 0. The molecule has 0 fully saturated rings. The van der Waals surface area contributed by atoms with Crippen LogP contribution in [-0.2, 0) is 19.5 Å². The molecule has 2 aromatic heterocycles. The minimum atomic E-state index is 0. The van der Waals surface area contributed by atoms with Gasteiger partial charge in [-0.25, -0.2) is 9.97 Å². The number of aliphatic imine (C=N–C) groups is 1. The molecule has 2 aromatic rings. The first-order valence-corrected chi connectivity index (χ1v) is 8.44. The number of rotatable bonds is 6. The van der Waals surface area contributed by atoms with E-state index in [1.807, 2.05) is 37.5 Å². The van der Waals surface area contributed by atoms with E-state index < -0.39 is 0 Å². The Kier molecular flexibility index (Phi) is 8.98. The lowest BCUT2D eigenvalue weighted by molar-refractivity contribution is 0.803. The third kappa shape index (κ3) is 6.23. The Morgan fingerprint density at radius 3 is 2.62 bits per heavy atom. The molecule has 0 spiro atoms. The topological polar surface area (TPSA) is 65.4 Å². The fourth-order valence-corrected chi connectivity index (χ4v) is 2.78. The van der Waals surface area contributed by atoms with E-state index in [9.17, 15) is 0 Å². The second-order valence-electron chi connectivity index (χ2n) is 5.27. The van der Waals surface area contributed by atoms with Crippen molar-refractivity contribution in [1.82, 2.24) is 20.6 Å². The van der Waals surface area contributed by atoms with Gasteiger partial charge < -0.3 is 15.5 Å². The smallest absolute Gasteiger partial charge is 0.191 e. The third-order valence-corrected chi connectivity index (χ3v) is 4.45. The van der Waals surface area contributed by atoms with Crippen LogP contribution in [0.3, 0.4) is 0 Å². The molecule has 2 heterocycles. The molecule has 6 nitrogen and oxygen atoms in total. The van der Waals surface area contributed by atoms with Crippen molar-refractivity contribution >= 4 is 47.1 Å². The summed E-state index contributed by atoms with van der Waals surface area (Å²) in [5.74, 6) is 1.71. The van der Waals surface area contributed by atoms with E-state index in [1.54, 1.807) is 18.4 Å². The molecule has 0 saturated heterocycles. The zero-order chi connectivity index (χ0) is 16.7. The fraction of sp³-hybridized carbons (Fsp3) is 0.438. The number of guanidine groups is 1. The standard InChI is InChI=1S/C16H24N6S.HI/c1-5-13-10-19-15(23-13)11-21-16(17-2)20-9-12-6-7-18-14(8-12)22(3)4;/h6-8,10H,5,9,11H2,1-4H3,(H2,17,20,21);1H. The monoisotopic (exact) mass is 460 g/mol. The second kappa shape index (κ2) is 10.4. The van der Waals surface area contributed by atoms with Crippen molar-refractivity contribution in [2.45, 2.75) is 26.4 Å². The lowest BCUT2D eigenvalue weighted by atomic mass is 10.2. The Labute approximate surface area is 164 Å². The maximum absolute atomic E-state index is 4.40. The quantitative estimate of drug-likeness (QED) is 0.394. The molecule has 2 rings (SSSR count). The van der Waals surface area contributed by atoms with Gasteiger partial charge in [-0.3, -0.25) is 4.99 Å². The average molecular weight is 460 g/mol. The van der Waals surface area contributed by atoms with Crippen molar-refractivity contribution in [3.8, 4) is 0 Å². The Morgan fingerprint density at radius 2 is 2.00 bits per heavy atom. The van der Waals surface area contributed by atoms with Crippen molar-refractivity contribution in [1.29, 1.82) is 0 Å². The molecule has 0 aliphatic rings. The highest BCUT2D eigenvalue weighted by atomic mass is 127. The number of thiazole rings is 1. The number of hydrogen-bond acceptors (Lipinski definition) is 5. The van der Waals surface area contributed by atoms with Crippen LogP contribution in [0.1, 0.15) is 22.4 Å². The molecule has 0 bridgehead atoms. The van der Waals surface area contributed by atoms with Crippen molar-refractivity contribution in [2.24, 2.45) is 4.99 Å². The Morgan fingerprint density at radius 1 is 1.25 bits per heavy atom. The molecular weight excluding hydrogens is 435 g/mol. The number of anilines is 1. The van der Waals surface area contributed by atoms with Crippen LogP contribution in [0.25, 0.3) is 0 Å². The van der Waals surface area contributed by atoms with Crippen LogP contribution in [0.2, 0.25) is 0 Å². The summed E-state index contributed by atoms with van der Waals surface area (Å²) in [4.78, 5) is 16.3. The van der Waals surface area contributed by atoms with Gasteiger partial charge in [-0.1, -0.05) is 6.92 Å². The van der Waals surface area contributed by atoms with Gasteiger partial charge in [-0.05, 0) is 24.1 Å². The van der Waals surface area contributed by atoms with Gasteiger partial charge in [-0.15, -0.1) is 35.3 Å². The van der Waals surface area contributed by atoms with E-state index in [0.29, 0.717) is 13.1 Å². The van der Waals surface area contributed by atoms with Crippen molar-refractivity contribution in [3.63, 3.8) is 0 Å². The molecule has 0 atom stereocenters. The Bertz CT molecular complexity index is 656. The summed E-state index contributed by atoms with van der Waals surface area (Å²) >= 11 is 1.73. The lowest BCUT2D eigenvalue weighted by Crippen LogP contribution is -2.36. The predicted octanol–water partition coefficient (Wildman–Crippen LogP) is 2.65. The summed E-state index contributed by atoms with van der Waals surface area (Å²) < 4.78 is 0. The van der Waals surface area contributed by atoms with Gasteiger partial charge >= 0.3 is 0 Å². The van der Waals surface area contributed by atoms with E-state index >= 15 is 0 Å². The molecule has 132 valence electrons. The highest BCUT2D eigenvalue weighted by Crippen LogP contribution is 2.13. The number of halogens is 1. The number of pyridine rings is 1. The summed E-state index contributed by atoms with van der Waals surface area (Å²) in [6, 6.07) is 4.07. The number of nitrogens with zero attached hydrogens (tertiary/aromatic N) is 4. The number of nitrogens with one attached hydrogen (secondary N) is 2. The molecule has 0 aliphatic carbocycles. The van der Waals surface area contributed by atoms with Gasteiger partial charge in [0.15, 0.2) is 5.96 Å². The number of aryl methyl sites for hydroxylation is 1. The molecule has 0 amide bonds. The van der Waals surface area contributed by atoms with Crippen LogP contribution in [0.4, 0.5) is 5.82 Å². The first kappa shape index (κ1) is 20.6. The molecule has 0 aliphatic heterocycles. The van der Waals surface area contributed by atoms with E-state index in [1.165, 1.54) is 4.88 Å². The van der Waals surface area contributed by atoms with Crippen molar-refractivity contribution in [2.75, 3.05) is 26.0 Å². The fourth-order valence-electron chi connectivity index (χ4n) is 1.97. The largest absolute Gasteiger partial charge is 0.363 e. The van der Waals surface area contributed by atoms with Crippen molar-refractivity contribution in [3.05, 3.63) is 40.0 Å². The van der Waals surface area contributed by atoms with Crippen molar-refractivity contribution < 1.29 is 0 Å². The zero-order valence-corrected chi connectivity index (χ0v) is 17.7. The first-order valence-electron chi connectivity index (χ1n) is 7.62. The van der Waals surface area contributed by atoms with Crippen LogP contribution < -0.4 is 15.5 Å². The molecule has 0 aromatic carbocycles. The molecule has 8 heteroatoms. The van der Waals surface area contributed by atoms with Crippen LogP contribution in [0, 0.1) is 0 Å². The third-order valence-electron chi connectivity index (χ3n) is 3.31. The van der Waals surface area contributed by atoms with Crippen LogP contribution in [-0.4, -0.2) is 37.1 Å². The maximum atomic E-state index is 4.40. The van der Waals surface area contributed by atoms with E-state index in [-0.39, 0.29) is 24.0 Å². The van der Waals surface area contributed by atoms with Gasteiger partial charge in [0.05, 0.1) is 6.54 Å². The summed E-state index contributed by atoms with van der Waals surface area (Å²) in [6.45, 7) is 3.52. The van der Waals surface area contributed by atoms with Gasteiger partial charge in [0, 0.05) is 45.0 Å². The van der Waals surface area contributed by atoms with E-state index in [2.05, 4.69) is 38.6 Å². The van der Waals surface area contributed by atoms with Crippen LogP contribution >= 0.6 is 35.3 Å². The SMILES string of the molecule is CCc1cnc(CNC(=NC)NCc2ccnc(N(C)C)c2)s1.I. The average Bonchev–Trinajstić information content (AvgIpc) is 3.03. The second-order valence-corrected chi connectivity index (χ2v) is 6.47. The lowest BCUT2D eigenvalue weighted by Gasteiger charge is -2.14. The van der Waals surface area contributed by atoms with Gasteiger partial charge in [0.25, 0.3) is 0 Å². The first-order chi connectivity index (χ1) is 11.1. The van der Waals surface area contributed by atoms with Crippen LogP contribution in [0.15, 0.2) is 29.5 Å². The summed E-state index contributed by atoms with van der Waals surface area (Å²) in [5, 5.41) is 7.68. The molecular formula is C16H25IN6S. The summed E-state index contributed by atoms with van der Waals surface area (Å²) in [7, 11) is 5.74.